The van der Waals surface area contributed by atoms with E-state index in [1.807, 2.05) is 19.1 Å². The zero-order chi connectivity index (χ0) is 20.9. The first-order valence-electron chi connectivity index (χ1n) is 10.5. The molecule has 2 unspecified atom stereocenters. The van der Waals surface area contributed by atoms with Gasteiger partial charge in [-0.1, -0.05) is 36.2 Å². The Kier molecular flexibility index (Phi) is 7.43. The molecule has 29 heavy (non-hydrogen) atoms. The van der Waals surface area contributed by atoms with Gasteiger partial charge >= 0.3 is 0 Å². The second kappa shape index (κ2) is 9.82. The van der Waals surface area contributed by atoms with Crippen molar-refractivity contribution < 1.29 is 12.9 Å². The SMILES string of the molecule is CCCCc1noc(C(C)N2CCCC(CNS(=O)(=O)c3ccc(C)cc3)C2)n1. The maximum Gasteiger partial charge on any atom is 0.243 e. The first-order valence-corrected chi connectivity index (χ1v) is 12.0. The van der Waals surface area contributed by atoms with Gasteiger partial charge in [0.05, 0.1) is 10.9 Å². The van der Waals surface area contributed by atoms with Gasteiger partial charge in [0.2, 0.25) is 15.9 Å². The Labute approximate surface area is 173 Å². The number of aromatic nitrogens is 2. The van der Waals surface area contributed by atoms with Crippen molar-refractivity contribution in [2.75, 3.05) is 19.6 Å². The minimum Gasteiger partial charge on any atom is -0.338 e. The number of benzene rings is 1. The molecule has 0 aliphatic carbocycles. The summed E-state index contributed by atoms with van der Waals surface area (Å²) in [5, 5.41) is 4.09. The van der Waals surface area contributed by atoms with Gasteiger partial charge < -0.3 is 4.52 Å². The summed E-state index contributed by atoms with van der Waals surface area (Å²) in [5.74, 6) is 1.68. The molecule has 2 atom stereocenters. The van der Waals surface area contributed by atoms with E-state index in [4.69, 9.17) is 4.52 Å². The summed E-state index contributed by atoms with van der Waals surface area (Å²) in [6.07, 6.45) is 5.03. The molecule has 0 saturated carbocycles. The topological polar surface area (TPSA) is 88.3 Å². The number of aryl methyl sites for hydroxylation is 2. The van der Waals surface area contributed by atoms with Gasteiger partial charge in [-0.05, 0) is 57.7 Å². The Morgan fingerprint density at radius 2 is 2.07 bits per heavy atom. The van der Waals surface area contributed by atoms with Crippen molar-refractivity contribution in [3.05, 3.63) is 41.5 Å². The molecule has 1 N–H and O–H groups in total. The highest BCUT2D eigenvalue weighted by molar-refractivity contribution is 7.89. The van der Waals surface area contributed by atoms with Crippen LogP contribution in [0.4, 0.5) is 0 Å². The lowest BCUT2D eigenvalue weighted by Crippen LogP contribution is -2.42. The van der Waals surface area contributed by atoms with Crippen LogP contribution in [0.15, 0.2) is 33.7 Å². The van der Waals surface area contributed by atoms with E-state index in [0.717, 1.165) is 56.6 Å². The van der Waals surface area contributed by atoms with Gasteiger partial charge in [0, 0.05) is 19.5 Å². The summed E-state index contributed by atoms with van der Waals surface area (Å²) in [4.78, 5) is 7.17. The third-order valence-electron chi connectivity index (χ3n) is 5.59. The van der Waals surface area contributed by atoms with Gasteiger partial charge in [0.15, 0.2) is 5.82 Å². The highest BCUT2D eigenvalue weighted by atomic mass is 32.2. The number of unbranched alkanes of at least 4 members (excludes halogenated alkanes) is 1. The molecule has 3 rings (SSSR count). The molecule has 1 aliphatic heterocycles. The van der Waals surface area contributed by atoms with Crippen molar-refractivity contribution in [3.8, 4) is 0 Å². The monoisotopic (exact) mass is 420 g/mol. The average Bonchev–Trinajstić information content (AvgIpc) is 3.20. The van der Waals surface area contributed by atoms with Crippen molar-refractivity contribution in [2.45, 2.75) is 63.8 Å². The molecule has 1 aromatic heterocycles. The molecular formula is C21H32N4O3S. The lowest BCUT2D eigenvalue weighted by molar-refractivity contribution is 0.112. The van der Waals surface area contributed by atoms with E-state index >= 15 is 0 Å². The number of piperidine rings is 1. The number of nitrogens with one attached hydrogen (secondary N) is 1. The van der Waals surface area contributed by atoms with Crippen LogP contribution in [0.3, 0.4) is 0 Å². The molecule has 8 heteroatoms. The molecule has 1 saturated heterocycles. The first kappa shape index (κ1) is 21.9. The summed E-state index contributed by atoms with van der Waals surface area (Å²) in [6.45, 7) is 8.36. The number of hydrogen-bond acceptors (Lipinski definition) is 6. The molecule has 2 heterocycles. The standard InChI is InChI=1S/C21H32N4O3S/c1-4-5-8-20-23-21(28-24-20)17(3)25-13-6-7-18(15-25)14-22-29(26,27)19-11-9-16(2)10-12-19/h9-12,17-18,22H,4-8,13-15H2,1-3H3. The van der Waals surface area contributed by atoms with Gasteiger partial charge in [-0.25, -0.2) is 13.1 Å². The number of nitrogens with zero attached hydrogens (tertiary/aromatic N) is 3. The van der Waals surface area contributed by atoms with E-state index in [0.29, 0.717) is 17.3 Å². The number of sulfonamides is 1. The fourth-order valence-electron chi connectivity index (χ4n) is 3.67. The third kappa shape index (κ3) is 5.87. The minimum atomic E-state index is -3.48. The Morgan fingerprint density at radius 3 is 2.79 bits per heavy atom. The molecule has 2 aromatic rings. The number of likely N-dealkylation sites (tertiary alicyclic amines) is 1. The molecular weight excluding hydrogens is 388 g/mol. The normalized spacial score (nSPS) is 19.3. The van der Waals surface area contributed by atoms with Crippen LogP contribution in [0, 0.1) is 12.8 Å². The van der Waals surface area contributed by atoms with E-state index < -0.39 is 10.0 Å². The maximum absolute atomic E-state index is 12.6. The number of hydrogen-bond donors (Lipinski definition) is 1. The summed E-state index contributed by atoms with van der Waals surface area (Å²) in [7, 11) is -3.48. The van der Waals surface area contributed by atoms with E-state index in [1.54, 1.807) is 12.1 Å². The molecule has 0 bridgehead atoms. The quantitative estimate of drug-likeness (QED) is 0.668. The van der Waals surface area contributed by atoms with Crippen LogP contribution in [0.1, 0.15) is 62.9 Å². The second-order valence-electron chi connectivity index (χ2n) is 8.00. The molecule has 160 valence electrons. The van der Waals surface area contributed by atoms with Crippen LogP contribution in [-0.2, 0) is 16.4 Å². The largest absolute Gasteiger partial charge is 0.338 e. The average molecular weight is 421 g/mol. The van der Waals surface area contributed by atoms with Gasteiger partial charge in [-0.15, -0.1) is 0 Å². The van der Waals surface area contributed by atoms with Crippen molar-refractivity contribution in [1.82, 2.24) is 19.8 Å². The maximum atomic E-state index is 12.6. The zero-order valence-corrected chi connectivity index (χ0v) is 18.4. The van der Waals surface area contributed by atoms with E-state index in [1.165, 1.54) is 0 Å². The van der Waals surface area contributed by atoms with Gasteiger partial charge in [-0.2, -0.15) is 4.98 Å². The smallest absolute Gasteiger partial charge is 0.243 e. The van der Waals surface area contributed by atoms with Crippen LogP contribution < -0.4 is 4.72 Å². The second-order valence-corrected chi connectivity index (χ2v) is 9.76. The Hall–Kier alpha value is -1.77. The number of rotatable bonds is 9. The van der Waals surface area contributed by atoms with E-state index in [-0.39, 0.29) is 12.0 Å². The molecule has 1 aliphatic rings. The Bertz CT molecular complexity index is 880. The lowest BCUT2D eigenvalue weighted by atomic mass is 9.97. The Balaban J connectivity index is 1.56. The van der Waals surface area contributed by atoms with Crippen LogP contribution in [0.2, 0.25) is 0 Å². The fourth-order valence-corrected chi connectivity index (χ4v) is 4.79. The molecule has 0 radical (unpaired) electrons. The predicted octanol–water partition coefficient (Wildman–Crippen LogP) is 3.47. The minimum absolute atomic E-state index is 0.0365. The third-order valence-corrected chi connectivity index (χ3v) is 7.03. The summed E-state index contributed by atoms with van der Waals surface area (Å²) in [5.41, 5.74) is 1.04. The highest BCUT2D eigenvalue weighted by Crippen LogP contribution is 2.26. The summed E-state index contributed by atoms with van der Waals surface area (Å²) >= 11 is 0. The van der Waals surface area contributed by atoms with Crippen LogP contribution >= 0.6 is 0 Å². The van der Waals surface area contributed by atoms with Crippen molar-refractivity contribution >= 4 is 10.0 Å². The van der Waals surface area contributed by atoms with Gasteiger partial charge in [-0.3, -0.25) is 4.90 Å². The first-order chi connectivity index (χ1) is 13.9. The highest BCUT2D eigenvalue weighted by Gasteiger charge is 2.28. The van der Waals surface area contributed by atoms with E-state index in [9.17, 15) is 8.42 Å². The van der Waals surface area contributed by atoms with Crippen molar-refractivity contribution in [3.63, 3.8) is 0 Å². The zero-order valence-electron chi connectivity index (χ0n) is 17.6. The van der Waals surface area contributed by atoms with Crippen molar-refractivity contribution in [1.29, 1.82) is 0 Å². The van der Waals surface area contributed by atoms with Crippen molar-refractivity contribution in [2.24, 2.45) is 5.92 Å². The fraction of sp³-hybridized carbons (Fsp3) is 0.619. The molecule has 1 fully saturated rings. The lowest BCUT2D eigenvalue weighted by Gasteiger charge is -2.35. The van der Waals surface area contributed by atoms with Gasteiger partial charge in [0.25, 0.3) is 0 Å². The van der Waals surface area contributed by atoms with Crippen LogP contribution in [-0.4, -0.2) is 43.1 Å². The molecule has 7 nitrogen and oxygen atoms in total. The molecule has 0 spiro atoms. The van der Waals surface area contributed by atoms with Gasteiger partial charge in [0.1, 0.15) is 0 Å². The predicted molar refractivity (Wildman–Crippen MR) is 112 cm³/mol. The Morgan fingerprint density at radius 1 is 1.31 bits per heavy atom. The molecule has 0 amide bonds. The molecule has 1 aromatic carbocycles. The summed E-state index contributed by atoms with van der Waals surface area (Å²) < 4.78 is 33.4. The summed E-state index contributed by atoms with van der Waals surface area (Å²) in [6, 6.07) is 6.97. The van der Waals surface area contributed by atoms with E-state index in [2.05, 4.69) is 33.6 Å². The van der Waals surface area contributed by atoms with Crippen LogP contribution in [0.25, 0.3) is 0 Å². The van der Waals surface area contributed by atoms with Crippen LogP contribution in [0.5, 0.6) is 0 Å².